The van der Waals surface area contributed by atoms with Crippen molar-refractivity contribution in [1.29, 1.82) is 0 Å². The number of aliphatic hydroxyl groups excluding tert-OH is 2. The molecule has 0 unspecified atom stereocenters. The maximum atomic E-state index is 13.9. The maximum Gasteiger partial charge on any atom is 0.239 e. The molecule has 9 heteroatoms. The number of hydrogen-bond donors (Lipinski definition) is 2. The Balaban J connectivity index is 1.36. The van der Waals surface area contributed by atoms with Gasteiger partial charge in [-0.1, -0.05) is 72.6 Å². The molecular weight excluding hydrogens is 693 g/mol. The number of benzene rings is 3. The van der Waals surface area contributed by atoms with Crippen LogP contribution in [0.2, 0.25) is 0 Å². The maximum absolute atomic E-state index is 13.9. The molecule has 3 aliphatic carbocycles. The van der Waals surface area contributed by atoms with Gasteiger partial charge in [0.05, 0.1) is 18.2 Å². The second-order valence-electron chi connectivity index (χ2n) is 15.4. The number of fused-ring (bicyclic) bond motifs is 2. The van der Waals surface area contributed by atoms with E-state index in [9.17, 15) is 15.0 Å². The first-order valence-corrected chi connectivity index (χ1v) is 20.2. The van der Waals surface area contributed by atoms with E-state index in [0.29, 0.717) is 30.9 Å². The van der Waals surface area contributed by atoms with E-state index in [1.165, 1.54) is 0 Å². The summed E-state index contributed by atoms with van der Waals surface area (Å²) in [5, 5.41) is 24.4. The molecule has 2 saturated carbocycles. The van der Waals surface area contributed by atoms with Crippen LogP contribution in [0.5, 0.6) is 17.2 Å². The lowest BCUT2D eigenvalue weighted by molar-refractivity contribution is -0.255. The first-order chi connectivity index (χ1) is 26.9. The summed E-state index contributed by atoms with van der Waals surface area (Å²) in [5.41, 5.74) is 5.14. The van der Waals surface area contributed by atoms with Gasteiger partial charge in [0.15, 0.2) is 0 Å². The van der Waals surface area contributed by atoms with E-state index < -0.39 is 11.8 Å². The summed E-state index contributed by atoms with van der Waals surface area (Å²) in [6.07, 6.45) is 11.2. The van der Waals surface area contributed by atoms with Crippen LogP contribution in [0.15, 0.2) is 102 Å². The Morgan fingerprint density at radius 3 is 2.36 bits per heavy atom. The number of allylic oxidation sites excluding steroid dienone is 1. The van der Waals surface area contributed by atoms with Crippen molar-refractivity contribution in [3.63, 3.8) is 0 Å². The van der Waals surface area contributed by atoms with Crippen LogP contribution in [-0.2, 0) is 14.4 Å². The largest absolute Gasteiger partial charge is 0.459 e. The predicted octanol–water partition coefficient (Wildman–Crippen LogP) is 8.67. The van der Waals surface area contributed by atoms with Gasteiger partial charge in [-0.25, -0.2) is 0 Å². The summed E-state index contributed by atoms with van der Waals surface area (Å²) in [5.74, 6) is 0.884. The molecule has 0 saturated heterocycles. The van der Waals surface area contributed by atoms with Gasteiger partial charge in [-0.15, -0.1) is 6.58 Å². The molecule has 0 radical (unpaired) electrons. The lowest BCUT2D eigenvalue weighted by Crippen LogP contribution is -2.69. The standard InChI is InChI=1S/C46H56N2O7/c1-4-27-52-46-42(48(3)45(51)33-17-18-33)30-40(47-53-5-2)38-28-34(15-9-11-25-49)37(16-10-12-26-50)43(44(38)46)39-29-36(23-24-41(39)55-46)54-35-21-19-32(20-22-35)31-13-7-6-8-14-31/h4,6-8,13-14,19-24,28-29,33-34,37,42-44,49-50H,1,5,9-12,15-18,25-27,30H2,2-3H3/t34-,37+,42-,43+,44+,46+/m0/s1. The number of ether oxygens (including phenoxy) is 3. The Labute approximate surface area is 325 Å². The smallest absolute Gasteiger partial charge is 0.239 e. The first-order valence-electron chi connectivity index (χ1n) is 20.2. The summed E-state index contributed by atoms with van der Waals surface area (Å²) in [6.45, 7) is 6.86. The Morgan fingerprint density at radius 1 is 0.964 bits per heavy atom. The molecule has 292 valence electrons. The Hall–Kier alpha value is -4.44. The average molecular weight is 749 g/mol. The number of amides is 1. The summed E-state index contributed by atoms with van der Waals surface area (Å²) in [4.78, 5) is 21.6. The van der Waals surface area contributed by atoms with Crippen LogP contribution in [0.4, 0.5) is 0 Å². The molecular formula is C46H56N2O7. The monoisotopic (exact) mass is 748 g/mol. The van der Waals surface area contributed by atoms with Crippen molar-refractivity contribution in [2.75, 3.05) is 33.5 Å². The molecule has 2 fully saturated rings. The van der Waals surface area contributed by atoms with E-state index in [0.717, 1.165) is 78.7 Å². The van der Waals surface area contributed by atoms with E-state index in [4.69, 9.17) is 24.2 Å². The number of likely N-dealkylation sites (N-methyl/N-ethyl adjacent to an activating group) is 1. The molecule has 0 aromatic heterocycles. The topological polar surface area (TPSA) is 110 Å². The van der Waals surface area contributed by atoms with Crippen LogP contribution in [0.1, 0.15) is 76.2 Å². The van der Waals surface area contributed by atoms with Gasteiger partial charge in [0, 0.05) is 44.1 Å². The van der Waals surface area contributed by atoms with Gasteiger partial charge in [-0.05, 0) is 104 Å². The van der Waals surface area contributed by atoms with Crippen LogP contribution < -0.4 is 9.47 Å². The minimum Gasteiger partial charge on any atom is -0.459 e. The van der Waals surface area contributed by atoms with Crippen molar-refractivity contribution in [3.05, 3.63) is 103 Å². The second-order valence-corrected chi connectivity index (χ2v) is 15.4. The zero-order chi connectivity index (χ0) is 38.4. The number of nitrogens with zero attached hydrogens (tertiary/aromatic N) is 2. The number of rotatable bonds is 18. The molecule has 0 bridgehead atoms. The molecule has 7 rings (SSSR count). The van der Waals surface area contributed by atoms with Crippen molar-refractivity contribution in [2.24, 2.45) is 28.8 Å². The van der Waals surface area contributed by atoms with Crippen LogP contribution in [0.3, 0.4) is 0 Å². The first kappa shape index (κ1) is 38.8. The van der Waals surface area contributed by atoms with E-state index in [1.54, 1.807) is 6.08 Å². The Bertz CT molecular complexity index is 1840. The molecule has 6 atom stereocenters. The lowest BCUT2D eigenvalue weighted by atomic mass is 9.55. The van der Waals surface area contributed by atoms with E-state index in [1.807, 2.05) is 61.3 Å². The predicted molar refractivity (Wildman–Crippen MR) is 214 cm³/mol. The highest BCUT2D eigenvalue weighted by Crippen LogP contribution is 2.62. The van der Waals surface area contributed by atoms with Crippen LogP contribution >= 0.6 is 0 Å². The summed E-state index contributed by atoms with van der Waals surface area (Å²) < 4.78 is 20.8. The molecule has 3 aromatic rings. The fraction of sp³-hybridized carbons (Fsp3) is 0.478. The Morgan fingerprint density at radius 2 is 1.67 bits per heavy atom. The number of aliphatic hydroxyl groups is 2. The molecule has 1 heterocycles. The van der Waals surface area contributed by atoms with E-state index in [2.05, 4.69) is 43.0 Å². The molecule has 4 aliphatic rings. The highest BCUT2D eigenvalue weighted by molar-refractivity contribution is 6.03. The number of carbonyl (C=O) groups is 1. The molecule has 0 spiro atoms. The molecule has 2 N–H and O–H groups in total. The highest BCUT2D eigenvalue weighted by Gasteiger charge is 2.65. The van der Waals surface area contributed by atoms with Gasteiger partial charge in [-0.2, -0.15) is 0 Å². The van der Waals surface area contributed by atoms with Crippen LogP contribution in [0, 0.1) is 23.7 Å². The van der Waals surface area contributed by atoms with Crippen molar-refractivity contribution >= 4 is 11.6 Å². The van der Waals surface area contributed by atoms with Crippen molar-refractivity contribution in [3.8, 4) is 28.4 Å². The van der Waals surface area contributed by atoms with Gasteiger partial charge in [0.1, 0.15) is 29.9 Å². The van der Waals surface area contributed by atoms with Gasteiger partial charge < -0.3 is 34.2 Å². The van der Waals surface area contributed by atoms with Crippen molar-refractivity contribution in [2.45, 2.75) is 82.5 Å². The Kier molecular flexibility index (Phi) is 12.4. The normalized spacial score (nSPS) is 25.9. The third kappa shape index (κ3) is 8.11. The van der Waals surface area contributed by atoms with E-state index >= 15 is 0 Å². The summed E-state index contributed by atoms with van der Waals surface area (Å²) in [6, 6.07) is 24.0. The highest BCUT2D eigenvalue weighted by atomic mass is 16.7. The van der Waals surface area contributed by atoms with Gasteiger partial charge in [0.25, 0.3) is 0 Å². The van der Waals surface area contributed by atoms with Gasteiger partial charge >= 0.3 is 0 Å². The SMILES string of the molecule is C=CCO[C@@]12Oc3ccc(Oc4ccc(-c5ccccc5)cc4)cc3[C@H]3[C@H](CCCCO)[C@@H](CCCCO)C=C(C(=NOCC)C[C@@H]1N(C)C(=O)C1CC1)[C@H]32. The fourth-order valence-electron chi connectivity index (χ4n) is 9.19. The summed E-state index contributed by atoms with van der Waals surface area (Å²) in [7, 11) is 1.88. The second kappa shape index (κ2) is 17.6. The molecule has 9 nitrogen and oxygen atoms in total. The van der Waals surface area contributed by atoms with Gasteiger partial charge in [0.2, 0.25) is 11.7 Å². The third-order valence-corrected chi connectivity index (χ3v) is 11.9. The average Bonchev–Trinajstić information content (AvgIpc) is 4.07. The zero-order valence-corrected chi connectivity index (χ0v) is 32.3. The molecule has 1 aliphatic heterocycles. The minimum atomic E-state index is -1.23. The lowest BCUT2D eigenvalue weighted by Gasteiger charge is -2.59. The third-order valence-electron chi connectivity index (χ3n) is 11.9. The van der Waals surface area contributed by atoms with Crippen molar-refractivity contribution < 1.29 is 34.1 Å². The fourth-order valence-corrected chi connectivity index (χ4v) is 9.19. The van der Waals surface area contributed by atoms with E-state index in [-0.39, 0.29) is 55.3 Å². The minimum absolute atomic E-state index is 0.00676. The number of oxime groups is 1. The van der Waals surface area contributed by atoms with Crippen molar-refractivity contribution in [1.82, 2.24) is 4.90 Å². The van der Waals surface area contributed by atoms with Crippen LogP contribution in [-0.4, -0.2) is 72.0 Å². The number of hydrogen-bond acceptors (Lipinski definition) is 8. The quantitative estimate of drug-likeness (QED) is 0.0762. The zero-order valence-electron chi connectivity index (χ0n) is 32.3. The summed E-state index contributed by atoms with van der Waals surface area (Å²) >= 11 is 0. The molecule has 1 amide bonds. The number of carbonyl (C=O) groups excluding carboxylic acids is 1. The van der Waals surface area contributed by atoms with Crippen LogP contribution in [0.25, 0.3) is 11.1 Å². The molecule has 3 aromatic carbocycles. The van der Waals surface area contributed by atoms with Gasteiger partial charge in [-0.3, -0.25) is 4.79 Å². The molecule has 55 heavy (non-hydrogen) atoms. The number of unbranched alkanes of at least 4 members (excludes halogenated alkanes) is 2.